The summed E-state index contributed by atoms with van der Waals surface area (Å²) in [7, 11) is 0. The summed E-state index contributed by atoms with van der Waals surface area (Å²) in [6.07, 6.45) is -2.70. The lowest BCUT2D eigenvalue weighted by Crippen LogP contribution is -2.08. The van der Waals surface area contributed by atoms with E-state index >= 15 is 0 Å². The summed E-state index contributed by atoms with van der Waals surface area (Å²) in [5.41, 5.74) is 3.88. The molecule has 0 unspecified atom stereocenters. The van der Waals surface area contributed by atoms with Crippen LogP contribution in [0.3, 0.4) is 0 Å². The maximum absolute atomic E-state index is 13.6. The second kappa shape index (κ2) is 5.15. The number of benzene rings is 1. The monoisotopic (exact) mass is 304 g/mol. The molecule has 0 spiro atoms. The number of nitrogen functional groups attached to an aromatic ring is 1. The van der Waals surface area contributed by atoms with Crippen LogP contribution >= 0.6 is 0 Å². The van der Waals surface area contributed by atoms with Gasteiger partial charge in [-0.3, -0.25) is 0 Å². The van der Waals surface area contributed by atoms with Crippen molar-refractivity contribution >= 4 is 12.2 Å². The standard InChI is InChI=1S/C12H9F5N4/c1-6-5-21(11(18)20-6)19-4-8-9(13)2-7(3-10(8)14)12(15,16)17/h2-5H,1H3,(H2,18,20). The smallest absolute Gasteiger partial charge is 0.368 e. The predicted octanol–water partition coefficient (Wildman–Crippen LogP) is 2.95. The highest BCUT2D eigenvalue weighted by molar-refractivity contribution is 5.80. The van der Waals surface area contributed by atoms with Gasteiger partial charge in [0.25, 0.3) is 0 Å². The summed E-state index contributed by atoms with van der Waals surface area (Å²) < 4.78 is 65.3. The van der Waals surface area contributed by atoms with Crippen LogP contribution in [0.5, 0.6) is 0 Å². The third-order valence-corrected chi connectivity index (χ3v) is 2.55. The van der Waals surface area contributed by atoms with Gasteiger partial charge in [-0.2, -0.15) is 18.3 Å². The van der Waals surface area contributed by atoms with Crippen molar-refractivity contribution < 1.29 is 22.0 Å². The SMILES string of the molecule is Cc1cn(N=Cc2c(F)cc(C(F)(F)F)cc2F)c(N)n1. The minimum atomic E-state index is -4.83. The molecule has 2 aromatic rings. The number of imidazole rings is 1. The number of nitrogens with zero attached hydrogens (tertiary/aromatic N) is 3. The first-order valence-electron chi connectivity index (χ1n) is 5.60. The largest absolute Gasteiger partial charge is 0.416 e. The van der Waals surface area contributed by atoms with E-state index in [1.807, 2.05) is 0 Å². The van der Waals surface area contributed by atoms with Gasteiger partial charge in [0.15, 0.2) is 0 Å². The molecule has 1 aromatic carbocycles. The number of hydrogen-bond donors (Lipinski definition) is 1. The number of anilines is 1. The van der Waals surface area contributed by atoms with E-state index in [2.05, 4.69) is 10.1 Å². The molecule has 0 aliphatic rings. The van der Waals surface area contributed by atoms with Gasteiger partial charge in [0, 0.05) is 0 Å². The molecule has 1 heterocycles. The van der Waals surface area contributed by atoms with Crippen LogP contribution in [0.1, 0.15) is 16.8 Å². The summed E-state index contributed by atoms with van der Waals surface area (Å²) in [6, 6.07) is 0.403. The van der Waals surface area contributed by atoms with Crippen LogP contribution in [0.25, 0.3) is 0 Å². The van der Waals surface area contributed by atoms with Crippen molar-refractivity contribution in [2.75, 3.05) is 5.73 Å². The van der Waals surface area contributed by atoms with Gasteiger partial charge >= 0.3 is 6.18 Å². The van der Waals surface area contributed by atoms with Gasteiger partial charge in [-0.1, -0.05) is 0 Å². The van der Waals surface area contributed by atoms with Gasteiger partial charge in [0.05, 0.1) is 29.2 Å². The maximum Gasteiger partial charge on any atom is 0.416 e. The summed E-state index contributed by atoms with van der Waals surface area (Å²) in [5, 5.41) is 3.65. The van der Waals surface area contributed by atoms with Crippen LogP contribution in [-0.2, 0) is 6.18 Å². The predicted molar refractivity (Wildman–Crippen MR) is 65.7 cm³/mol. The number of alkyl halides is 3. The number of hydrogen-bond acceptors (Lipinski definition) is 3. The molecule has 0 aliphatic heterocycles. The van der Waals surface area contributed by atoms with E-state index in [0.717, 1.165) is 10.9 Å². The highest BCUT2D eigenvalue weighted by Gasteiger charge is 2.32. The summed E-state index contributed by atoms with van der Waals surface area (Å²) >= 11 is 0. The van der Waals surface area contributed by atoms with E-state index in [4.69, 9.17) is 5.73 Å². The summed E-state index contributed by atoms with van der Waals surface area (Å²) in [4.78, 5) is 3.81. The molecule has 2 rings (SSSR count). The number of nitrogens with two attached hydrogens (primary N) is 1. The second-order valence-electron chi connectivity index (χ2n) is 4.18. The topological polar surface area (TPSA) is 56.2 Å². The molecule has 112 valence electrons. The number of rotatable bonds is 2. The first-order valence-corrected chi connectivity index (χ1v) is 5.60. The van der Waals surface area contributed by atoms with E-state index in [1.54, 1.807) is 6.92 Å². The van der Waals surface area contributed by atoms with Gasteiger partial charge in [0.2, 0.25) is 5.95 Å². The van der Waals surface area contributed by atoms with Crippen molar-refractivity contribution in [3.8, 4) is 0 Å². The number of halogens is 5. The molecule has 0 saturated carbocycles. The lowest BCUT2D eigenvalue weighted by Gasteiger charge is -2.08. The van der Waals surface area contributed by atoms with Crippen molar-refractivity contribution in [2.45, 2.75) is 13.1 Å². The Hall–Kier alpha value is -2.45. The van der Waals surface area contributed by atoms with E-state index in [1.165, 1.54) is 6.20 Å². The lowest BCUT2D eigenvalue weighted by atomic mass is 10.1. The van der Waals surface area contributed by atoms with Crippen molar-refractivity contribution in [1.82, 2.24) is 9.66 Å². The summed E-state index contributed by atoms with van der Waals surface area (Å²) in [5.74, 6) is -2.76. The molecule has 21 heavy (non-hydrogen) atoms. The van der Waals surface area contributed by atoms with Crippen molar-refractivity contribution in [3.05, 3.63) is 46.8 Å². The van der Waals surface area contributed by atoms with Crippen LogP contribution in [0.4, 0.5) is 27.9 Å². The molecule has 0 atom stereocenters. The third-order valence-electron chi connectivity index (χ3n) is 2.55. The van der Waals surface area contributed by atoms with Gasteiger partial charge in [-0.05, 0) is 19.1 Å². The van der Waals surface area contributed by atoms with Crippen LogP contribution < -0.4 is 5.73 Å². The normalized spacial score (nSPS) is 12.3. The zero-order valence-electron chi connectivity index (χ0n) is 10.6. The Morgan fingerprint density at radius 3 is 2.24 bits per heavy atom. The molecule has 0 bridgehead atoms. The molecule has 0 aliphatic carbocycles. The van der Waals surface area contributed by atoms with Crippen molar-refractivity contribution in [3.63, 3.8) is 0 Å². The fourth-order valence-electron chi connectivity index (χ4n) is 1.59. The molecule has 0 amide bonds. The van der Waals surface area contributed by atoms with Crippen LogP contribution in [0.2, 0.25) is 0 Å². The zero-order valence-corrected chi connectivity index (χ0v) is 10.6. The molecule has 4 nitrogen and oxygen atoms in total. The second-order valence-corrected chi connectivity index (χ2v) is 4.18. The fraction of sp³-hybridized carbons (Fsp3) is 0.167. The first-order chi connectivity index (χ1) is 9.68. The van der Waals surface area contributed by atoms with E-state index in [-0.39, 0.29) is 18.1 Å². The molecule has 2 N–H and O–H groups in total. The van der Waals surface area contributed by atoms with Crippen LogP contribution in [-0.4, -0.2) is 15.9 Å². The molecule has 0 saturated heterocycles. The molecule has 1 aromatic heterocycles. The molecule has 0 radical (unpaired) electrons. The maximum atomic E-state index is 13.6. The number of aryl methyl sites for hydroxylation is 1. The average Bonchev–Trinajstić information content (AvgIpc) is 2.65. The Labute approximate surface area is 115 Å². The van der Waals surface area contributed by atoms with Gasteiger partial charge in [-0.25, -0.2) is 18.4 Å². The zero-order chi connectivity index (χ0) is 15.8. The average molecular weight is 304 g/mol. The Morgan fingerprint density at radius 1 is 1.24 bits per heavy atom. The van der Waals surface area contributed by atoms with Crippen molar-refractivity contribution in [1.29, 1.82) is 0 Å². The Bertz CT molecular complexity index is 679. The minimum Gasteiger partial charge on any atom is -0.368 e. The molecular weight excluding hydrogens is 295 g/mol. The Kier molecular flexibility index (Phi) is 3.67. The van der Waals surface area contributed by atoms with Crippen LogP contribution in [0, 0.1) is 18.6 Å². The highest BCUT2D eigenvalue weighted by atomic mass is 19.4. The number of aromatic nitrogens is 2. The third kappa shape index (κ3) is 3.18. The minimum absolute atomic E-state index is 0.0171. The fourth-order valence-corrected chi connectivity index (χ4v) is 1.59. The molecular formula is C12H9F5N4. The Balaban J connectivity index is 2.39. The lowest BCUT2D eigenvalue weighted by molar-refractivity contribution is -0.138. The van der Waals surface area contributed by atoms with E-state index in [9.17, 15) is 22.0 Å². The quantitative estimate of drug-likeness (QED) is 0.685. The highest BCUT2D eigenvalue weighted by Crippen LogP contribution is 2.31. The molecule has 0 fully saturated rings. The van der Waals surface area contributed by atoms with Gasteiger partial charge < -0.3 is 5.73 Å². The molecule has 9 heteroatoms. The van der Waals surface area contributed by atoms with Gasteiger partial charge in [0.1, 0.15) is 11.6 Å². The van der Waals surface area contributed by atoms with E-state index in [0.29, 0.717) is 5.69 Å². The van der Waals surface area contributed by atoms with E-state index < -0.39 is 28.9 Å². The summed E-state index contributed by atoms with van der Waals surface area (Å²) in [6.45, 7) is 1.63. The van der Waals surface area contributed by atoms with Gasteiger partial charge in [-0.15, -0.1) is 0 Å². The van der Waals surface area contributed by atoms with Crippen LogP contribution in [0.15, 0.2) is 23.4 Å². The first kappa shape index (κ1) is 14.9. The Morgan fingerprint density at radius 2 is 1.81 bits per heavy atom. The van der Waals surface area contributed by atoms with Crippen molar-refractivity contribution in [2.24, 2.45) is 5.10 Å².